The number of hydrogen-bond acceptors (Lipinski definition) is 4. The summed E-state index contributed by atoms with van der Waals surface area (Å²) in [7, 11) is 2.84. The van der Waals surface area contributed by atoms with Crippen LogP contribution in [-0.4, -0.2) is 47.2 Å². The number of carbonyl (C=O) groups excluding carboxylic acids is 1. The van der Waals surface area contributed by atoms with Gasteiger partial charge >= 0.3 is 0 Å². The SMILES string of the molecule is C=CC(CC)C(O)(C(=O)[O-])[N+](C)(C)CO. The molecule has 2 N–H and O–H groups in total. The van der Waals surface area contributed by atoms with E-state index in [1.54, 1.807) is 6.92 Å². The molecule has 0 aromatic carbocycles. The van der Waals surface area contributed by atoms with Crippen molar-refractivity contribution in [2.24, 2.45) is 5.92 Å². The van der Waals surface area contributed by atoms with Gasteiger partial charge in [0.15, 0.2) is 6.73 Å². The molecule has 0 heterocycles. The van der Waals surface area contributed by atoms with Crippen LogP contribution in [0.15, 0.2) is 12.7 Å². The molecule has 0 rings (SSSR count). The monoisotopic (exact) mass is 217 g/mol. The molecule has 5 nitrogen and oxygen atoms in total. The zero-order valence-electron chi connectivity index (χ0n) is 9.43. The molecular weight excluding hydrogens is 198 g/mol. The van der Waals surface area contributed by atoms with Crippen LogP contribution in [0, 0.1) is 5.92 Å². The number of likely N-dealkylation sites (N-methyl/N-ethyl adjacent to an activating group) is 1. The van der Waals surface area contributed by atoms with Crippen molar-refractivity contribution in [3.63, 3.8) is 0 Å². The Labute approximate surface area is 89.8 Å². The topological polar surface area (TPSA) is 80.6 Å². The van der Waals surface area contributed by atoms with E-state index in [-0.39, 0.29) is 0 Å². The molecule has 0 radical (unpaired) electrons. The third kappa shape index (κ3) is 2.19. The second-order valence-corrected chi connectivity index (χ2v) is 4.09. The van der Waals surface area contributed by atoms with Crippen molar-refractivity contribution >= 4 is 5.97 Å². The van der Waals surface area contributed by atoms with E-state index in [0.29, 0.717) is 6.42 Å². The van der Waals surface area contributed by atoms with Gasteiger partial charge < -0.3 is 20.1 Å². The van der Waals surface area contributed by atoms with Gasteiger partial charge in [0.05, 0.1) is 20.0 Å². The Morgan fingerprint density at radius 2 is 2.13 bits per heavy atom. The zero-order chi connectivity index (χ0) is 12.3. The minimum Gasteiger partial charge on any atom is -0.542 e. The van der Waals surface area contributed by atoms with Gasteiger partial charge in [0.2, 0.25) is 5.72 Å². The van der Waals surface area contributed by atoms with E-state index in [9.17, 15) is 15.0 Å². The highest BCUT2D eigenvalue weighted by molar-refractivity contribution is 5.73. The highest BCUT2D eigenvalue weighted by atomic mass is 16.4. The molecule has 15 heavy (non-hydrogen) atoms. The summed E-state index contributed by atoms with van der Waals surface area (Å²) in [5.74, 6) is -2.28. The first kappa shape index (κ1) is 14.1. The number of carboxylic acid groups (broad SMARTS) is 1. The smallest absolute Gasteiger partial charge is 0.250 e. The van der Waals surface area contributed by atoms with Gasteiger partial charge in [-0.05, 0) is 6.42 Å². The van der Waals surface area contributed by atoms with E-state index < -0.39 is 28.8 Å². The molecule has 0 saturated heterocycles. The number of quaternary nitrogens is 1. The summed E-state index contributed by atoms with van der Waals surface area (Å²) >= 11 is 0. The molecule has 0 aromatic rings. The van der Waals surface area contributed by atoms with Gasteiger partial charge in [0.25, 0.3) is 0 Å². The fraction of sp³-hybridized carbons (Fsp3) is 0.700. The van der Waals surface area contributed by atoms with Gasteiger partial charge in [-0.3, -0.25) is 4.48 Å². The Hall–Kier alpha value is -0.910. The number of hydrogen-bond donors (Lipinski definition) is 2. The van der Waals surface area contributed by atoms with Crippen molar-refractivity contribution in [2.75, 3.05) is 20.8 Å². The van der Waals surface area contributed by atoms with Gasteiger partial charge in [-0.2, -0.15) is 0 Å². The molecule has 0 spiro atoms. The van der Waals surface area contributed by atoms with E-state index in [1.165, 1.54) is 20.2 Å². The van der Waals surface area contributed by atoms with Crippen molar-refractivity contribution in [1.29, 1.82) is 0 Å². The molecule has 2 unspecified atom stereocenters. The normalized spacial score (nSPS) is 17.9. The molecule has 0 aromatic heterocycles. The van der Waals surface area contributed by atoms with E-state index >= 15 is 0 Å². The van der Waals surface area contributed by atoms with Crippen molar-refractivity contribution in [3.8, 4) is 0 Å². The number of aliphatic hydroxyl groups is 2. The molecule has 0 aliphatic carbocycles. The Morgan fingerprint density at radius 3 is 2.33 bits per heavy atom. The van der Waals surface area contributed by atoms with Crippen LogP contribution in [0.4, 0.5) is 0 Å². The van der Waals surface area contributed by atoms with Crippen LogP contribution in [0.2, 0.25) is 0 Å². The lowest BCUT2D eigenvalue weighted by Crippen LogP contribution is -2.71. The molecule has 0 amide bonds. The standard InChI is InChI=1S/C10H19NO4/c1-5-8(6-2)10(15,9(13)14)11(3,4)7-12/h5,8,12,15H,1,6-7H2,2-4H3. The van der Waals surface area contributed by atoms with Crippen LogP contribution in [0.25, 0.3) is 0 Å². The van der Waals surface area contributed by atoms with Crippen molar-refractivity contribution in [2.45, 2.75) is 19.1 Å². The Balaban J connectivity index is 5.41. The second-order valence-electron chi connectivity index (χ2n) is 4.09. The van der Waals surface area contributed by atoms with Crippen LogP contribution in [0.5, 0.6) is 0 Å². The van der Waals surface area contributed by atoms with Crippen molar-refractivity contribution in [1.82, 2.24) is 0 Å². The Morgan fingerprint density at radius 1 is 1.67 bits per heavy atom. The summed E-state index contributed by atoms with van der Waals surface area (Å²) in [6, 6.07) is 0. The van der Waals surface area contributed by atoms with Gasteiger partial charge in [-0.25, -0.2) is 0 Å². The van der Waals surface area contributed by atoms with Crippen LogP contribution >= 0.6 is 0 Å². The fourth-order valence-electron chi connectivity index (χ4n) is 1.57. The average molecular weight is 217 g/mol. The molecule has 0 aliphatic rings. The van der Waals surface area contributed by atoms with Crippen molar-refractivity contribution in [3.05, 3.63) is 12.7 Å². The van der Waals surface area contributed by atoms with Crippen LogP contribution < -0.4 is 5.11 Å². The highest BCUT2D eigenvalue weighted by Gasteiger charge is 2.50. The lowest BCUT2D eigenvalue weighted by atomic mass is 9.90. The second kappa shape index (κ2) is 4.74. The number of rotatable bonds is 6. The summed E-state index contributed by atoms with van der Waals surface area (Å²) in [6.45, 7) is 4.71. The lowest BCUT2D eigenvalue weighted by Gasteiger charge is -2.46. The molecule has 2 atom stereocenters. The molecule has 0 fully saturated rings. The first-order valence-corrected chi connectivity index (χ1v) is 4.78. The highest BCUT2D eigenvalue weighted by Crippen LogP contribution is 2.29. The van der Waals surface area contributed by atoms with E-state index in [2.05, 4.69) is 6.58 Å². The lowest BCUT2D eigenvalue weighted by molar-refractivity contribution is -0.977. The summed E-state index contributed by atoms with van der Waals surface area (Å²) in [5, 5.41) is 30.3. The van der Waals surface area contributed by atoms with Gasteiger partial charge in [-0.15, -0.1) is 6.58 Å². The number of aliphatic hydroxyl groups excluding tert-OH is 1. The summed E-state index contributed by atoms with van der Waals surface area (Å²) in [4.78, 5) is 11.1. The predicted octanol–water partition coefficient (Wildman–Crippen LogP) is -1.34. The quantitative estimate of drug-likeness (QED) is 0.328. The van der Waals surface area contributed by atoms with Gasteiger partial charge in [0.1, 0.15) is 5.97 Å². The van der Waals surface area contributed by atoms with Gasteiger partial charge in [0, 0.05) is 0 Å². The molecule has 88 valence electrons. The fourth-order valence-corrected chi connectivity index (χ4v) is 1.57. The number of carboxylic acids is 1. The Bertz CT molecular complexity index is 252. The van der Waals surface area contributed by atoms with E-state index in [0.717, 1.165) is 0 Å². The van der Waals surface area contributed by atoms with Gasteiger partial charge in [-0.1, -0.05) is 13.0 Å². The maximum Gasteiger partial charge on any atom is 0.250 e. The third-order valence-corrected chi connectivity index (χ3v) is 2.82. The average Bonchev–Trinajstić information content (AvgIpc) is 2.18. The molecule has 0 bridgehead atoms. The summed E-state index contributed by atoms with van der Waals surface area (Å²) in [6.07, 6.45) is 1.76. The molecule has 0 aliphatic heterocycles. The maximum absolute atomic E-state index is 11.1. The van der Waals surface area contributed by atoms with E-state index in [1.807, 2.05) is 0 Å². The Kier molecular flexibility index (Phi) is 4.45. The van der Waals surface area contributed by atoms with Crippen LogP contribution in [0.3, 0.4) is 0 Å². The minimum absolute atomic E-state index is 0.398. The largest absolute Gasteiger partial charge is 0.542 e. The first-order chi connectivity index (χ1) is 6.77. The first-order valence-electron chi connectivity index (χ1n) is 4.78. The summed E-state index contributed by atoms with van der Waals surface area (Å²) in [5.41, 5.74) is -2.16. The molecular formula is C10H19NO4. The van der Waals surface area contributed by atoms with Crippen LogP contribution in [-0.2, 0) is 4.79 Å². The predicted molar refractivity (Wildman–Crippen MR) is 53.1 cm³/mol. The van der Waals surface area contributed by atoms with Crippen molar-refractivity contribution < 1.29 is 24.6 Å². The molecule has 0 saturated carbocycles. The van der Waals surface area contributed by atoms with Crippen LogP contribution in [0.1, 0.15) is 13.3 Å². The number of carbonyl (C=O) groups is 1. The minimum atomic E-state index is -2.16. The zero-order valence-corrected chi connectivity index (χ0v) is 9.43. The third-order valence-electron chi connectivity index (χ3n) is 2.82. The summed E-state index contributed by atoms with van der Waals surface area (Å²) < 4.78 is -0.486. The number of nitrogens with zero attached hydrogens (tertiary/aromatic N) is 1. The number of aliphatic carboxylic acids is 1. The van der Waals surface area contributed by atoms with E-state index in [4.69, 9.17) is 5.11 Å². The molecule has 5 heteroatoms. The maximum atomic E-state index is 11.1.